The van der Waals surface area contributed by atoms with Crippen LogP contribution in [-0.4, -0.2) is 17.8 Å². The second-order valence-corrected chi connectivity index (χ2v) is 8.31. The van der Waals surface area contributed by atoms with Crippen LogP contribution in [0.4, 0.5) is 0 Å². The van der Waals surface area contributed by atoms with E-state index in [0.29, 0.717) is 21.7 Å². The normalized spacial score (nSPS) is 47.5. The second kappa shape index (κ2) is 2.68. The molecule has 0 radical (unpaired) electrons. The highest BCUT2D eigenvalue weighted by Crippen LogP contribution is 2.66. The van der Waals surface area contributed by atoms with Gasteiger partial charge in [0, 0.05) is 5.41 Å². The Morgan fingerprint density at radius 3 is 2.00 bits per heavy atom. The van der Waals surface area contributed by atoms with Gasteiger partial charge in [0.2, 0.25) is 0 Å². The lowest BCUT2D eigenvalue weighted by Gasteiger charge is -2.36. The summed E-state index contributed by atoms with van der Waals surface area (Å²) in [5.74, 6) is 1.03. The zero-order chi connectivity index (χ0) is 9.85. The van der Waals surface area contributed by atoms with Crippen molar-refractivity contribution in [2.24, 2.45) is 16.7 Å². The van der Waals surface area contributed by atoms with Crippen molar-refractivity contribution >= 4 is 10.9 Å². The molecule has 2 rings (SSSR count). The summed E-state index contributed by atoms with van der Waals surface area (Å²) < 4.78 is 0. The molecular formula is C12H23S+. The van der Waals surface area contributed by atoms with Gasteiger partial charge in [-0.1, -0.05) is 20.8 Å². The zero-order valence-corrected chi connectivity index (χ0v) is 10.5. The van der Waals surface area contributed by atoms with E-state index in [-0.39, 0.29) is 0 Å². The minimum absolute atomic E-state index is 0.620. The first kappa shape index (κ1) is 9.89. The van der Waals surface area contributed by atoms with Crippen molar-refractivity contribution in [3.05, 3.63) is 0 Å². The number of hydrogen-bond acceptors (Lipinski definition) is 0. The van der Waals surface area contributed by atoms with E-state index in [0.717, 1.165) is 11.2 Å². The Kier molecular flexibility index (Phi) is 2.04. The van der Waals surface area contributed by atoms with Gasteiger partial charge in [0.05, 0.1) is 12.5 Å². The molecule has 0 aromatic carbocycles. The molecule has 0 saturated heterocycles. The number of hydrogen-bond donors (Lipinski definition) is 0. The van der Waals surface area contributed by atoms with Crippen LogP contribution in [-0.2, 0) is 10.9 Å². The molecule has 0 aromatic heterocycles. The standard InChI is InChI=1S/C12H23S/c1-11(2)9-6-7-12(11,3)10(8-9)13(4)5/h9-10H,6-8H2,1-5H3/q+1. The third-order valence-electron chi connectivity index (χ3n) is 5.28. The van der Waals surface area contributed by atoms with Crippen molar-refractivity contribution in [1.82, 2.24) is 0 Å². The highest BCUT2D eigenvalue weighted by molar-refractivity contribution is 7.96. The van der Waals surface area contributed by atoms with Gasteiger partial charge in [0.1, 0.15) is 5.25 Å². The molecular weight excluding hydrogens is 176 g/mol. The van der Waals surface area contributed by atoms with Crippen molar-refractivity contribution in [3.8, 4) is 0 Å². The summed E-state index contributed by atoms with van der Waals surface area (Å²) in [6, 6.07) is 0. The molecule has 0 aromatic rings. The van der Waals surface area contributed by atoms with Crippen LogP contribution < -0.4 is 0 Å². The van der Waals surface area contributed by atoms with Gasteiger partial charge in [-0.2, -0.15) is 0 Å². The molecule has 2 aliphatic carbocycles. The summed E-state index contributed by atoms with van der Waals surface area (Å²) in [6.45, 7) is 7.58. The lowest BCUT2D eigenvalue weighted by molar-refractivity contribution is 0.156. The van der Waals surface area contributed by atoms with Gasteiger partial charge >= 0.3 is 0 Å². The summed E-state index contributed by atoms with van der Waals surface area (Å²) in [5, 5.41) is 1.02. The van der Waals surface area contributed by atoms with Crippen molar-refractivity contribution in [3.63, 3.8) is 0 Å². The average Bonchev–Trinajstić information content (AvgIpc) is 2.34. The van der Waals surface area contributed by atoms with E-state index in [1.165, 1.54) is 19.3 Å². The maximum absolute atomic E-state index is 2.55. The van der Waals surface area contributed by atoms with Crippen LogP contribution in [0.3, 0.4) is 0 Å². The Labute approximate surface area is 85.8 Å². The van der Waals surface area contributed by atoms with Gasteiger partial charge in [-0.05, 0) is 41.5 Å². The van der Waals surface area contributed by atoms with Gasteiger partial charge in [0.25, 0.3) is 0 Å². The third-order valence-corrected chi connectivity index (χ3v) is 7.13. The van der Waals surface area contributed by atoms with Gasteiger partial charge in [-0.15, -0.1) is 0 Å². The van der Waals surface area contributed by atoms with Gasteiger partial charge in [-0.25, -0.2) is 0 Å². The summed E-state index contributed by atoms with van der Waals surface area (Å²) >= 11 is 0. The Morgan fingerprint density at radius 2 is 1.77 bits per heavy atom. The fourth-order valence-electron chi connectivity index (χ4n) is 3.84. The molecule has 3 unspecified atom stereocenters. The Morgan fingerprint density at radius 1 is 1.15 bits per heavy atom. The molecule has 0 spiro atoms. The van der Waals surface area contributed by atoms with E-state index in [4.69, 9.17) is 0 Å². The first-order valence-corrected chi connectivity index (χ1v) is 7.56. The van der Waals surface area contributed by atoms with Crippen molar-refractivity contribution in [2.45, 2.75) is 45.3 Å². The average molecular weight is 199 g/mol. The minimum Gasteiger partial charge on any atom is -0.0589 e. The van der Waals surface area contributed by atoms with E-state index in [2.05, 4.69) is 33.3 Å². The smallest absolute Gasteiger partial charge is 0.0589 e. The molecule has 3 atom stereocenters. The maximum atomic E-state index is 2.55. The predicted octanol–water partition coefficient (Wildman–Crippen LogP) is 3.08. The van der Waals surface area contributed by atoms with Gasteiger partial charge in [-0.3, -0.25) is 0 Å². The Balaban J connectivity index is 2.33. The first-order valence-electron chi connectivity index (χ1n) is 5.46. The van der Waals surface area contributed by atoms with Crippen LogP contribution in [0.5, 0.6) is 0 Å². The van der Waals surface area contributed by atoms with Crippen molar-refractivity contribution < 1.29 is 0 Å². The van der Waals surface area contributed by atoms with Crippen LogP contribution in [0.15, 0.2) is 0 Å². The molecule has 2 bridgehead atoms. The van der Waals surface area contributed by atoms with Crippen molar-refractivity contribution in [1.29, 1.82) is 0 Å². The quantitative estimate of drug-likeness (QED) is 0.569. The molecule has 0 N–H and O–H groups in total. The predicted molar refractivity (Wildman–Crippen MR) is 62.2 cm³/mol. The van der Waals surface area contributed by atoms with Gasteiger partial charge < -0.3 is 0 Å². The fourth-order valence-corrected chi connectivity index (χ4v) is 5.92. The van der Waals surface area contributed by atoms with Crippen LogP contribution in [0.1, 0.15) is 40.0 Å². The van der Waals surface area contributed by atoms with E-state index in [9.17, 15) is 0 Å². The molecule has 0 aliphatic heterocycles. The summed E-state index contributed by atoms with van der Waals surface area (Å²) in [7, 11) is 0.624. The summed E-state index contributed by atoms with van der Waals surface area (Å²) in [6.07, 6.45) is 9.37. The lowest BCUT2D eigenvalue weighted by Crippen LogP contribution is -2.39. The molecule has 0 heterocycles. The minimum atomic E-state index is 0.620. The SMILES string of the molecule is C[S+](C)C1CC2CCC1(C)C2(C)C. The third kappa shape index (κ3) is 1.06. The molecule has 2 aliphatic rings. The molecule has 13 heavy (non-hydrogen) atoms. The number of rotatable bonds is 1. The maximum Gasteiger partial charge on any atom is 0.123 e. The molecule has 2 fully saturated rings. The van der Waals surface area contributed by atoms with Crippen LogP contribution >= 0.6 is 0 Å². The lowest BCUT2D eigenvalue weighted by atomic mass is 9.71. The molecule has 0 amide bonds. The van der Waals surface area contributed by atoms with Crippen molar-refractivity contribution in [2.75, 3.05) is 12.5 Å². The number of fused-ring (bicyclic) bond motifs is 2. The molecule has 1 heteroatoms. The van der Waals surface area contributed by atoms with Crippen LogP contribution in [0.25, 0.3) is 0 Å². The largest absolute Gasteiger partial charge is 0.123 e. The van der Waals surface area contributed by atoms with E-state index < -0.39 is 0 Å². The summed E-state index contributed by atoms with van der Waals surface area (Å²) in [4.78, 5) is 0. The van der Waals surface area contributed by atoms with E-state index in [1.807, 2.05) is 0 Å². The first-order chi connectivity index (χ1) is 5.89. The Hall–Kier alpha value is 0.350. The van der Waals surface area contributed by atoms with E-state index in [1.54, 1.807) is 0 Å². The van der Waals surface area contributed by atoms with Crippen LogP contribution in [0.2, 0.25) is 0 Å². The summed E-state index contributed by atoms with van der Waals surface area (Å²) in [5.41, 5.74) is 1.28. The topological polar surface area (TPSA) is 0 Å². The molecule has 0 nitrogen and oxygen atoms in total. The van der Waals surface area contributed by atoms with Crippen LogP contribution in [0, 0.1) is 16.7 Å². The highest BCUT2D eigenvalue weighted by atomic mass is 32.2. The van der Waals surface area contributed by atoms with E-state index >= 15 is 0 Å². The zero-order valence-electron chi connectivity index (χ0n) is 9.68. The Bertz CT molecular complexity index is 219. The van der Waals surface area contributed by atoms with Gasteiger partial charge in [0.15, 0.2) is 0 Å². The molecule has 76 valence electrons. The highest BCUT2D eigenvalue weighted by Gasteiger charge is 2.65. The monoisotopic (exact) mass is 199 g/mol. The second-order valence-electron chi connectivity index (χ2n) is 5.98. The molecule has 2 saturated carbocycles. The fraction of sp³-hybridized carbons (Fsp3) is 1.00.